The number of thioether (sulfide) groups is 1. The van der Waals surface area contributed by atoms with Crippen molar-refractivity contribution in [3.05, 3.63) is 29.3 Å². The first-order chi connectivity index (χ1) is 11.0. The van der Waals surface area contributed by atoms with E-state index in [2.05, 4.69) is 19.2 Å². The molecule has 1 aliphatic heterocycles. The summed E-state index contributed by atoms with van der Waals surface area (Å²) >= 11 is 7.52. The minimum atomic E-state index is -0.207. The first-order valence-electron chi connectivity index (χ1n) is 7.89. The van der Waals surface area contributed by atoms with Gasteiger partial charge in [0.05, 0.1) is 5.92 Å². The molecule has 0 aromatic heterocycles. The summed E-state index contributed by atoms with van der Waals surface area (Å²) in [4.78, 5) is 27.0. The van der Waals surface area contributed by atoms with Crippen molar-refractivity contribution < 1.29 is 9.59 Å². The molecule has 6 heteroatoms. The third kappa shape index (κ3) is 5.74. The molecular weight excluding hydrogens is 332 g/mol. The lowest BCUT2D eigenvalue weighted by atomic mass is 10.1. The predicted molar refractivity (Wildman–Crippen MR) is 94.7 cm³/mol. The highest BCUT2D eigenvalue weighted by Crippen LogP contribution is 2.21. The number of likely N-dealkylation sites (tertiary alicyclic amines) is 1. The fourth-order valence-electron chi connectivity index (χ4n) is 2.58. The van der Waals surface area contributed by atoms with Crippen LogP contribution in [0.3, 0.4) is 0 Å². The predicted octanol–water partition coefficient (Wildman–Crippen LogP) is 3.05. The molecule has 2 amide bonds. The second kappa shape index (κ2) is 8.60. The molecule has 1 heterocycles. The Morgan fingerprint density at radius 1 is 1.39 bits per heavy atom. The number of halogens is 1. The summed E-state index contributed by atoms with van der Waals surface area (Å²) in [6, 6.07) is 7.65. The Labute approximate surface area is 146 Å². The average Bonchev–Trinajstić information content (AvgIpc) is 2.86. The normalized spacial score (nSPS) is 17.8. The van der Waals surface area contributed by atoms with E-state index in [1.54, 1.807) is 16.7 Å². The maximum Gasteiger partial charge on any atom is 0.225 e. The van der Waals surface area contributed by atoms with Gasteiger partial charge in [-0.1, -0.05) is 25.4 Å². The Bertz CT molecular complexity index is 548. The third-order valence-corrected chi connectivity index (χ3v) is 4.92. The van der Waals surface area contributed by atoms with Crippen molar-refractivity contribution in [2.45, 2.75) is 25.2 Å². The lowest BCUT2D eigenvalue weighted by Crippen LogP contribution is -2.35. The number of nitrogens with one attached hydrogen (secondary N) is 1. The van der Waals surface area contributed by atoms with Gasteiger partial charge < -0.3 is 10.2 Å². The maximum atomic E-state index is 12.2. The lowest BCUT2D eigenvalue weighted by Gasteiger charge is -2.18. The van der Waals surface area contributed by atoms with Crippen molar-refractivity contribution in [2.75, 3.05) is 25.4 Å². The molecule has 1 aromatic carbocycles. The van der Waals surface area contributed by atoms with Crippen molar-refractivity contribution in [3.63, 3.8) is 0 Å². The van der Waals surface area contributed by atoms with Gasteiger partial charge in [-0.2, -0.15) is 0 Å². The summed E-state index contributed by atoms with van der Waals surface area (Å²) in [5.74, 6) is 1.10. The van der Waals surface area contributed by atoms with E-state index in [1.165, 1.54) is 0 Å². The Balaban J connectivity index is 1.69. The minimum Gasteiger partial charge on any atom is -0.355 e. The second-order valence-corrected chi connectivity index (χ2v) is 7.79. The van der Waals surface area contributed by atoms with Gasteiger partial charge in [0, 0.05) is 41.7 Å². The van der Waals surface area contributed by atoms with Gasteiger partial charge in [0.2, 0.25) is 11.8 Å². The molecule has 126 valence electrons. The van der Waals surface area contributed by atoms with Crippen LogP contribution in [0, 0.1) is 11.8 Å². The molecule has 0 spiro atoms. The van der Waals surface area contributed by atoms with Crippen LogP contribution in [-0.2, 0) is 9.59 Å². The fourth-order valence-corrected chi connectivity index (χ4v) is 3.48. The highest BCUT2D eigenvalue weighted by atomic mass is 35.5. The molecule has 0 aliphatic carbocycles. The van der Waals surface area contributed by atoms with E-state index in [4.69, 9.17) is 11.6 Å². The molecule has 4 nitrogen and oxygen atoms in total. The quantitative estimate of drug-likeness (QED) is 0.604. The van der Waals surface area contributed by atoms with E-state index in [1.807, 2.05) is 24.3 Å². The first kappa shape index (κ1) is 18.1. The van der Waals surface area contributed by atoms with E-state index in [0.717, 1.165) is 22.2 Å². The van der Waals surface area contributed by atoms with Crippen LogP contribution in [0.2, 0.25) is 5.02 Å². The number of nitrogens with zero attached hydrogens (tertiary/aromatic N) is 1. The van der Waals surface area contributed by atoms with Crippen molar-refractivity contribution in [2.24, 2.45) is 11.8 Å². The van der Waals surface area contributed by atoms with Crippen molar-refractivity contribution >= 4 is 35.2 Å². The molecule has 23 heavy (non-hydrogen) atoms. The molecule has 0 unspecified atom stereocenters. The van der Waals surface area contributed by atoms with Gasteiger partial charge in [0.25, 0.3) is 0 Å². The number of rotatable bonds is 7. The second-order valence-electron chi connectivity index (χ2n) is 6.19. The van der Waals surface area contributed by atoms with Crippen LogP contribution in [0.5, 0.6) is 0 Å². The summed E-state index contributed by atoms with van der Waals surface area (Å²) < 4.78 is 0. The fraction of sp³-hybridized carbons (Fsp3) is 0.529. The third-order valence-electron chi connectivity index (χ3n) is 3.65. The number of carbonyl (C=O) groups excluding carboxylic acids is 2. The van der Waals surface area contributed by atoms with Crippen LogP contribution in [-0.4, -0.2) is 42.1 Å². The van der Waals surface area contributed by atoms with Crippen LogP contribution < -0.4 is 5.32 Å². The van der Waals surface area contributed by atoms with E-state index in [-0.39, 0.29) is 17.7 Å². The summed E-state index contributed by atoms with van der Waals surface area (Å²) in [7, 11) is 0. The zero-order chi connectivity index (χ0) is 16.8. The number of benzene rings is 1. The average molecular weight is 355 g/mol. The number of carbonyl (C=O) groups is 2. The number of amides is 2. The SMILES string of the molecule is CC(C)CN1C[C@H](C(=O)NCCSc2ccc(Cl)cc2)CC1=O. The Hall–Kier alpha value is -1.20. The Morgan fingerprint density at radius 3 is 2.74 bits per heavy atom. The van der Waals surface area contributed by atoms with Gasteiger partial charge >= 0.3 is 0 Å². The monoisotopic (exact) mass is 354 g/mol. The largest absolute Gasteiger partial charge is 0.355 e. The van der Waals surface area contributed by atoms with Gasteiger partial charge in [-0.25, -0.2) is 0 Å². The number of hydrogen-bond donors (Lipinski definition) is 1. The first-order valence-corrected chi connectivity index (χ1v) is 9.26. The Kier molecular flexibility index (Phi) is 6.78. The van der Waals surface area contributed by atoms with Gasteiger partial charge in [0.15, 0.2) is 0 Å². The molecule has 1 aromatic rings. The molecule has 1 fully saturated rings. The smallest absolute Gasteiger partial charge is 0.225 e. The topological polar surface area (TPSA) is 49.4 Å². The standard InChI is InChI=1S/C17H23ClN2O2S/c1-12(2)10-20-11-13(9-16(20)21)17(22)19-7-8-23-15-5-3-14(18)4-6-15/h3-6,12-13H,7-11H2,1-2H3,(H,19,22)/t13-/m1/s1. The minimum absolute atomic E-state index is 0.0127. The van der Waals surface area contributed by atoms with Crippen molar-refractivity contribution in [1.29, 1.82) is 0 Å². The van der Waals surface area contributed by atoms with Gasteiger partial charge in [-0.15, -0.1) is 11.8 Å². The summed E-state index contributed by atoms with van der Waals surface area (Å²) in [5, 5.41) is 3.66. The maximum absolute atomic E-state index is 12.2. The summed E-state index contributed by atoms with van der Waals surface area (Å²) in [6.45, 7) is 6.03. The molecule has 1 aliphatic rings. The Morgan fingerprint density at radius 2 is 2.09 bits per heavy atom. The van der Waals surface area contributed by atoms with Gasteiger partial charge in [-0.3, -0.25) is 9.59 Å². The van der Waals surface area contributed by atoms with E-state index in [0.29, 0.717) is 25.4 Å². The number of hydrogen-bond acceptors (Lipinski definition) is 3. The highest BCUT2D eigenvalue weighted by Gasteiger charge is 2.34. The molecule has 0 bridgehead atoms. The van der Waals surface area contributed by atoms with E-state index >= 15 is 0 Å². The van der Waals surface area contributed by atoms with E-state index in [9.17, 15) is 9.59 Å². The van der Waals surface area contributed by atoms with Crippen LogP contribution in [0.25, 0.3) is 0 Å². The molecule has 0 radical (unpaired) electrons. The van der Waals surface area contributed by atoms with Crippen LogP contribution in [0.1, 0.15) is 20.3 Å². The van der Waals surface area contributed by atoms with Crippen molar-refractivity contribution in [3.8, 4) is 0 Å². The van der Waals surface area contributed by atoms with Crippen LogP contribution in [0.4, 0.5) is 0 Å². The molecule has 2 rings (SSSR count). The zero-order valence-electron chi connectivity index (χ0n) is 13.5. The zero-order valence-corrected chi connectivity index (χ0v) is 15.1. The molecule has 1 N–H and O–H groups in total. The summed E-state index contributed by atoms with van der Waals surface area (Å²) in [6.07, 6.45) is 0.336. The van der Waals surface area contributed by atoms with Gasteiger partial charge in [-0.05, 0) is 30.2 Å². The van der Waals surface area contributed by atoms with E-state index < -0.39 is 0 Å². The molecule has 1 saturated heterocycles. The highest BCUT2D eigenvalue weighted by molar-refractivity contribution is 7.99. The molecule has 0 saturated carbocycles. The van der Waals surface area contributed by atoms with Crippen LogP contribution in [0.15, 0.2) is 29.2 Å². The van der Waals surface area contributed by atoms with Crippen molar-refractivity contribution in [1.82, 2.24) is 10.2 Å². The summed E-state index contributed by atoms with van der Waals surface area (Å²) in [5.41, 5.74) is 0. The lowest BCUT2D eigenvalue weighted by molar-refractivity contribution is -0.129. The molecular formula is C17H23ClN2O2S. The molecule has 1 atom stereocenters. The van der Waals surface area contributed by atoms with Crippen LogP contribution >= 0.6 is 23.4 Å². The van der Waals surface area contributed by atoms with Gasteiger partial charge in [0.1, 0.15) is 0 Å².